The van der Waals surface area contributed by atoms with Crippen LogP contribution >= 0.6 is 11.6 Å². The minimum Gasteiger partial charge on any atom is -0.465 e. The number of hydrogen-bond acceptors (Lipinski definition) is 2. The number of hydrogen-bond donors (Lipinski definition) is 0. The first-order valence-electron chi connectivity index (χ1n) is 3.29. The van der Waals surface area contributed by atoms with E-state index in [0.717, 1.165) is 19.2 Å². The van der Waals surface area contributed by atoms with Gasteiger partial charge >= 0.3 is 5.97 Å². The van der Waals surface area contributed by atoms with E-state index < -0.39 is 23.2 Å². The van der Waals surface area contributed by atoms with E-state index in [4.69, 9.17) is 11.6 Å². The van der Waals surface area contributed by atoms with Crippen molar-refractivity contribution < 1.29 is 18.3 Å². The summed E-state index contributed by atoms with van der Waals surface area (Å²) in [6, 6.07) is 1.79. The predicted octanol–water partition coefficient (Wildman–Crippen LogP) is 2.40. The van der Waals surface area contributed by atoms with E-state index in [0.29, 0.717) is 0 Å². The molecule has 0 aliphatic rings. The molecule has 0 amide bonds. The summed E-state index contributed by atoms with van der Waals surface area (Å²) < 4.78 is 29.8. The van der Waals surface area contributed by atoms with Gasteiger partial charge < -0.3 is 4.74 Å². The second-order valence-corrected chi connectivity index (χ2v) is 2.68. The number of methoxy groups -OCH3 is 1. The van der Waals surface area contributed by atoms with Gasteiger partial charge in [0.1, 0.15) is 0 Å². The standard InChI is InChI=1S/C8H5ClF2O2/c1-13-8(12)5-2-4(9)3-6(10)7(5)11/h2-3H,1H3. The minimum atomic E-state index is -1.25. The molecule has 13 heavy (non-hydrogen) atoms. The van der Waals surface area contributed by atoms with Crippen molar-refractivity contribution in [3.63, 3.8) is 0 Å². The van der Waals surface area contributed by atoms with Crippen molar-refractivity contribution in [2.45, 2.75) is 0 Å². The Morgan fingerprint density at radius 1 is 1.46 bits per heavy atom. The van der Waals surface area contributed by atoms with Crippen molar-refractivity contribution in [1.29, 1.82) is 0 Å². The Morgan fingerprint density at radius 2 is 2.08 bits per heavy atom. The third kappa shape index (κ3) is 1.95. The normalized spacial score (nSPS) is 9.85. The molecular weight excluding hydrogens is 202 g/mol. The van der Waals surface area contributed by atoms with Gasteiger partial charge in [-0.05, 0) is 12.1 Å². The summed E-state index contributed by atoms with van der Waals surface area (Å²) in [5.74, 6) is -3.39. The van der Waals surface area contributed by atoms with Crippen molar-refractivity contribution in [2.24, 2.45) is 0 Å². The Labute approximate surface area is 78.1 Å². The summed E-state index contributed by atoms with van der Waals surface area (Å²) in [4.78, 5) is 10.9. The highest BCUT2D eigenvalue weighted by molar-refractivity contribution is 6.30. The maximum Gasteiger partial charge on any atom is 0.341 e. The van der Waals surface area contributed by atoms with E-state index in [2.05, 4.69) is 4.74 Å². The van der Waals surface area contributed by atoms with Crippen LogP contribution in [0.1, 0.15) is 10.4 Å². The quantitative estimate of drug-likeness (QED) is 0.521. The molecule has 0 aliphatic heterocycles. The lowest BCUT2D eigenvalue weighted by Crippen LogP contribution is -2.05. The van der Waals surface area contributed by atoms with Gasteiger partial charge in [0.2, 0.25) is 0 Å². The summed E-state index contributed by atoms with van der Waals surface area (Å²) in [7, 11) is 1.07. The zero-order valence-corrected chi connectivity index (χ0v) is 7.36. The molecule has 0 radical (unpaired) electrons. The van der Waals surface area contributed by atoms with Crippen LogP contribution in [-0.2, 0) is 4.74 Å². The van der Waals surface area contributed by atoms with Crippen LogP contribution in [0.25, 0.3) is 0 Å². The molecule has 0 heterocycles. The lowest BCUT2D eigenvalue weighted by atomic mass is 10.2. The summed E-state index contributed by atoms with van der Waals surface area (Å²) in [5.41, 5.74) is -0.507. The molecule has 0 bridgehead atoms. The van der Waals surface area contributed by atoms with Crippen molar-refractivity contribution in [2.75, 3.05) is 7.11 Å². The fourth-order valence-electron chi connectivity index (χ4n) is 0.814. The van der Waals surface area contributed by atoms with Gasteiger partial charge in [0.05, 0.1) is 12.7 Å². The van der Waals surface area contributed by atoms with Crippen molar-refractivity contribution in [3.05, 3.63) is 34.4 Å². The molecule has 1 aromatic carbocycles. The third-order valence-electron chi connectivity index (χ3n) is 1.40. The number of ether oxygens (including phenoxy) is 1. The number of benzene rings is 1. The van der Waals surface area contributed by atoms with E-state index in [1.165, 1.54) is 0 Å². The fourth-order valence-corrected chi connectivity index (χ4v) is 1.02. The molecule has 2 nitrogen and oxygen atoms in total. The largest absolute Gasteiger partial charge is 0.465 e. The molecule has 1 rings (SSSR count). The van der Waals surface area contributed by atoms with Crippen LogP contribution in [0.5, 0.6) is 0 Å². The van der Waals surface area contributed by atoms with Crippen molar-refractivity contribution in [1.82, 2.24) is 0 Å². The summed E-state index contributed by atoms with van der Waals surface area (Å²) in [5, 5.41) is -0.0562. The highest BCUT2D eigenvalue weighted by Crippen LogP contribution is 2.19. The summed E-state index contributed by atoms with van der Waals surface area (Å²) in [6.07, 6.45) is 0. The van der Waals surface area contributed by atoms with Crippen molar-refractivity contribution in [3.8, 4) is 0 Å². The minimum absolute atomic E-state index is 0.0562. The summed E-state index contributed by atoms with van der Waals surface area (Å²) in [6.45, 7) is 0. The van der Waals surface area contributed by atoms with Crippen LogP contribution in [0, 0.1) is 11.6 Å². The third-order valence-corrected chi connectivity index (χ3v) is 1.62. The molecule has 70 valence electrons. The van der Waals surface area contributed by atoms with Gasteiger partial charge in [-0.3, -0.25) is 0 Å². The van der Waals surface area contributed by atoms with E-state index >= 15 is 0 Å². The maximum absolute atomic E-state index is 12.9. The van der Waals surface area contributed by atoms with Crippen LogP contribution in [-0.4, -0.2) is 13.1 Å². The lowest BCUT2D eigenvalue weighted by molar-refractivity contribution is 0.0594. The molecule has 5 heteroatoms. The number of carbonyl (C=O) groups excluding carboxylic acids is 1. The first kappa shape index (κ1) is 9.92. The lowest BCUT2D eigenvalue weighted by Gasteiger charge is -2.02. The molecular formula is C8H5ClF2O2. The maximum atomic E-state index is 12.9. The second kappa shape index (κ2) is 3.70. The van der Waals surface area contributed by atoms with Gasteiger partial charge in [0.15, 0.2) is 11.6 Å². The van der Waals surface area contributed by atoms with Gasteiger partial charge in [0, 0.05) is 5.02 Å². The number of esters is 1. The molecule has 0 N–H and O–H groups in total. The molecule has 1 aromatic rings. The Morgan fingerprint density at radius 3 is 2.62 bits per heavy atom. The molecule has 0 spiro atoms. The molecule has 0 unspecified atom stereocenters. The molecule has 0 aromatic heterocycles. The van der Waals surface area contributed by atoms with E-state index in [9.17, 15) is 13.6 Å². The second-order valence-electron chi connectivity index (χ2n) is 2.24. The predicted molar refractivity (Wildman–Crippen MR) is 42.7 cm³/mol. The summed E-state index contributed by atoms with van der Waals surface area (Å²) >= 11 is 5.41. The van der Waals surface area contributed by atoms with Crippen LogP contribution in [0.3, 0.4) is 0 Å². The Balaban J connectivity index is 3.28. The zero-order chi connectivity index (χ0) is 10.0. The van der Waals surface area contributed by atoms with Crippen LogP contribution in [0.15, 0.2) is 12.1 Å². The Hall–Kier alpha value is -1.16. The molecule has 0 aliphatic carbocycles. The van der Waals surface area contributed by atoms with E-state index in [-0.39, 0.29) is 5.02 Å². The average molecular weight is 207 g/mol. The fraction of sp³-hybridized carbons (Fsp3) is 0.125. The molecule has 0 atom stereocenters. The average Bonchev–Trinajstić information content (AvgIpc) is 2.10. The van der Waals surface area contributed by atoms with Crippen LogP contribution in [0.2, 0.25) is 5.02 Å². The van der Waals surface area contributed by atoms with E-state index in [1.807, 2.05) is 0 Å². The first-order valence-corrected chi connectivity index (χ1v) is 3.67. The first-order chi connectivity index (χ1) is 6.06. The van der Waals surface area contributed by atoms with E-state index in [1.54, 1.807) is 0 Å². The van der Waals surface area contributed by atoms with Crippen molar-refractivity contribution >= 4 is 17.6 Å². The van der Waals surface area contributed by atoms with Crippen LogP contribution in [0.4, 0.5) is 8.78 Å². The Kier molecular flexibility index (Phi) is 2.83. The van der Waals surface area contributed by atoms with Gasteiger partial charge in [0.25, 0.3) is 0 Å². The monoisotopic (exact) mass is 206 g/mol. The number of rotatable bonds is 1. The highest BCUT2D eigenvalue weighted by Gasteiger charge is 2.16. The van der Waals surface area contributed by atoms with Gasteiger partial charge in [-0.25, -0.2) is 13.6 Å². The smallest absolute Gasteiger partial charge is 0.341 e. The SMILES string of the molecule is COC(=O)c1cc(Cl)cc(F)c1F. The van der Waals surface area contributed by atoms with Crippen LogP contribution < -0.4 is 0 Å². The van der Waals surface area contributed by atoms with Gasteiger partial charge in [-0.15, -0.1) is 0 Å². The number of carbonyl (C=O) groups is 1. The number of halogens is 3. The Bertz CT molecular complexity index is 352. The highest BCUT2D eigenvalue weighted by atomic mass is 35.5. The molecule has 0 saturated carbocycles. The van der Waals surface area contributed by atoms with Gasteiger partial charge in [-0.2, -0.15) is 0 Å². The molecule has 0 saturated heterocycles. The van der Waals surface area contributed by atoms with Gasteiger partial charge in [-0.1, -0.05) is 11.6 Å². The zero-order valence-electron chi connectivity index (χ0n) is 6.61. The molecule has 0 fully saturated rings. The topological polar surface area (TPSA) is 26.3 Å².